The predicted molar refractivity (Wildman–Crippen MR) is 111 cm³/mol. The highest BCUT2D eigenvalue weighted by atomic mass is 32.2. The number of benzene rings is 1. The Morgan fingerprint density at radius 1 is 1.23 bits per heavy atom. The van der Waals surface area contributed by atoms with E-state index >= 15 is 0 Å². The zero-order valence-electron chi connectivity index (χ0n) is 16.8. The van der Waals surface area contributed by atoms with Crippen molar-refractivity contribution in [3.05, 3.63) is 59.6 Å². The highest BCUT2D eigenvalue weighted by Gasteiger charge is 2.23. The first-order chi connectivity index (χ1) is 15.0. The van der Waals surface area contributed by atoms with E-state index in [1.165, 1.54) is 18.7 Å². The second kappa shape index (κ2) is 9.09. The number of hydrogen-bond donors (Lipinski definition) is 1. The molecule has 1 aliphatic rings. The van der Waals surface area contributed by atoms with Crippen LogP contribution in [0.1, 0.15) is 28.7 Å². The van der Waals surface area contributed by atoms with Crippen LogP contribution in [0.2, 0.25) is 0 Å². The molecule has 1 unspecified atom stereocenters. The maximum atomic E-state index is 12.7. The van der Waals surface area contributed by atoms with Crippen LogP contribution in [0.3, 0.4) is 0 Å². The lowest BCUT2D eigenvalue weighted by Gasteiger charge is -2.14. The van der Waals surface area contributed by atoms with Crippen molar-refractivity contribution in [2.75, 3.05) is 12.1 Å². The minimum Gasteiger partial charge on any atom is -0.454 e. The molecule has 0 fully saturated rings. The Morgan fingerprint density at radius 3 is 2.87 bits per heavy atom. The Kier molecular flexibility index (Phi) is 6.08. The minimum atomic E-state index is -1.02. The van der Waals surface area contributed by atoms with Crippen molar-refractivity contribution in [1.82, 2.24) is 10.1 Å². The maximum absolute atomic E-state index is 12.7. The van der Waals surface area contributed by atoms with E-state index in [0.29, 0.717) is 33.7 Å². The molecule has 10 heteroatoms. The molecule has 0 radical (unpaired) electrons. The van der Waals surface area contributed by atoms with Gasteiger partial charge in [0.25, 0.3) is 5.91 Å². The van der Waals surface area contributed by atoms with Crippen LogP contribution in [-0.4, -0.2) is 34.9 Å². The molecule has 0 aliphatic carbocycles. The molecular formula is C21H19N3O6S. The second-order valence-corrected chi connectivity index (χ2v) is 7.64. The molecule has 160 valence electrons. The van der Waals surface area contributed by atoms with Crippen LogP contribution >= 0.6 is 11.8 Å². The lowest BCUT2D eigenvalue weighted by atomic mass is 10.2. The maximum Gasteiger partial charge on any atom is 0.341 e. The molecule has 4 rings (SSSR count). The monoisotopic (exact) mass is 441 g/mol. The van der Waals surface area contributed by atoms with Gasteiger partial charge in [-0.15, -0.1) is 0 Å². The summed E-state index contributed by atoms with van der Waals surface area (Å²) in [6.07, 6.45) is 0.567. The number of thioether (sulfide) groups is 1. The number of amides is 1. The Morgan fingerprint density at radius 2 is 2.06 bits per heavy atom. The summed E-state index contributed by atoms with van der Waals surface area (Å²) in [4.78, 5) is 29.4. The molecule has 1 amide bonds. The summed E-state index contributed by atoms with van der Waals surface area (Å²) in [6.45, 7) is 3.45. The number of carbonyl (C=O) groups excluding carboxylic acids is 2. The molecule has 1 N–H and O–H groups in total. The number of pyridine rings is 1. The summed E-state index contributed by atoms with van der Waals surface area (Å²) < 4.78 is 21.0. The molecule has 1 aliphatic heterocycles. The fourth-order valence-electron chi connectivity index (χ4n) is 2.79. The van der Waals surface area contributed by atoms with E-state index in [2.05, 4.69) is 15.5 Å². The highest BCUT2D eigenvalue weighted by molar-refractivity contribution is 7.98. The Labute approximate surface area is 182 Å². The van der Waals surface area contributed by atoms with Crippen LogP contribution in [0.25, 0.3) is 0 Å². The number of hydrogen-bond acceptors (Lipinski definition) is 9. The van der Waals surface area contributed by atoms with E-state index < -0.39 is 18.0 Å². The van der Waals surface area contributed by atoms with Gasteiger partial charge in [0.2, 0.25) is 6.79 Å². The second-order valence-electron chi connectivity index (χ2n) is 6.68. The van der Waals surface area contributed by atoms with Crippen molar-refractivity contribution in [3.63, 3.8) is 0 Å². The summed E-state index contributed by atoms with van der Waals surface area (Å²) in [7, 11) is 0. The van der Waals surface area contributed by atoms with Crippen LogP contribution in [0, 0.1) is 6.92 Å². The van der Waals surface area contributed by atoms with Gasteiger partial charge in [0.1, 0.15) is 10.8 Å². The molecular weight excluding hydrogens is 422 g/mol. The van der Waals surface area contributed by atoms with E-state index in [-0.39, 0.29) is 12.4 Å². The van der Waals surface area contributed by atoms with Gasteiger partial charge in [0.05, 0.1) is 11.3 Å². The molecule has 3 aromatic rings. The quantitative estimate of drug-likeness (QED) is 0.434. The predicted octanol–water partition coefficient (Wildman–Crippen LogP) is 3.58. The number of nitrogens with one attached hydrogen (secondary N) is 1. The van der Waals surface area contributed by atoms with Crippen molar-refractivity contribution >= 4 is 29.3 Å². The SMILES string of the molecule is Cc1cc(CSc2ncccc2C(=O)OC(C)C(=O)Nc2ccc3c(c2)OCO3)no1. The van der Waals surface area contributed by atoms with Crippen molar-refractivity contribution in [1.29, 1.82) is 0 Å². The molecule has 0 saturated carbocycles. The van der Waals surface area contributed by atoms with Crippen molar-refractivity contribution in [2.24, 2.45) is 0 Å². The van der Waals surface area contributed by atoms with E-state index in [0.717, 1.165) is 5.69 Å². The number of ether oxygens (including phenoxy) is 3. The number of anilines is 1. The molecule has 31 heavy (non-hydrogen) atoms. The average molecular weight is 441 g/mol. The standard InChI is InChI=1S/C21H19N3O6S/c1-12-8-15(24-30-12)10-31-20-16(4-3-7-22-20)21(26)29-13(2)19(25)23-14-5-6-17-18(9-14)28-11-27-17/h3-9,13H,10-11H2,1-2H3,(H,23,25). The van der Waals surface area contributed by atoms with Gasteiger partial charge in [-0.25, -0.2) is 9.78 Å². The minimum absolute atomic E-state index is 0.141. The summed E-state index contributed by atoms with van der Waals surface area (Å²) in [5.41, 5.74) is 1.53. The number of esters is 1. The lowest BCUT2D eigenvalue weighted by molar-refractivity contribution is -0.123. The van der Waals surface area contributed by atoms with Crippen LogP contribution in [0.4, 0.5) is 5.69 Å². The van der Waals surface area contributed by atoms with E-state index in [1.54, 1.807) is 43.5 Å². The Balaban J connectivity index is 1.37. The third kappa shape index (κ3) is 4.97. The summed E-state index contributed by atoms with van der Waals surface area (Å²) in [5, 5.41) is 7.11. The zero-order chi connectivity index (χ0) is 21.8. The normalized spacial score (nSPS) is 13.0. The van der Waals surface area contributed by atoms with Crippen molar-refractivity contribution < 1.29 is 28.3 Å². The third-order valence-corrected chi connectivity index (χ3v) is 5.36. The fourth-order valence-corrected chi connectivity index (χ4v) is 3.65. The molecule has 9 nitrogen and oxygen atoms in total. The van der Waals surface area contributed by atoms with Gasteiger partial charge in [-0.1, -0.05) is 16.9 Å². The Hall–Kier alpha value is -3.53. The van der Waals surface area contributed by atoms with E-state index in [4.69, 9.17) is 18.7 Å². The molecule has 1 aromatic carbocycles. The largest absolute Gasteiger partial charge is 0.454 e. The number of aromatic nitrogens is 2. The van der Waals surface area contributed by atoms with Gasteiger partial charge in [0, 0.05) is 29.8 Å². The van der Waals surface area contributed by atoms with Gasteiger partial charge in [-0.2, -0.15) is 0 Å². The van der Waals surface area contributed by atoms with Gasteiger partial charge >= 0.3 is 5.97 Å². The first kappa shape index (κ1) is 20.7. The average Bonchev–Trinajstić information content (AvgIpc) is 3.40. The number of nitrogens with zero attached hydrogens (tertiary/aromatic N) is 2. The van der Waals surface area contributed by atoms with Crippen LogP contribution in [0.15, 0.2) is 52.1 Å². The van der Waals surface area contributed by atoms with E-state index in [1.807, 2.05) is 6.07 Å². The summed E-state index contributed by atoms with van der Waals surface area (Å²) in [5.74, 6) is 1.23. The van der Waals surface area contributed by atoms with Crippen molar-refractivity contribution in [3.8, 4) is 11.5 Å². The number of carbonyl (C=O) groups is 2. The highest BCUT2D eigenvalue weighted by Crippen LogP contribution is 2.34. The number of fused-ring (bicyclic) bond motifs is 1. The third-order valence-electron chi connectivity index (χ3n) is 4.32. The molecule has 3 heterocycles. The molecule has 1 atom stereocenters. The van der Waals surface area contributed by atoms with Crippen LogP contribution in [-0.2, 0) is 15.3 Å². The molecule has 2 aromatic heterocycles. The van der Waals surface area contributed by atoms with Gasteiger partial charge < -0.3 is 24.1 Å². The Bertz CT molecular complexity index is 1120. The first-order valence-corrected chi connectivity index (χ1v) is 10.4. The molecule has 0 bridgehead atoms. The number of aryl methyl sites for hydroxylation is 1. The van der Waals surface area contributed by atoms with Gasteiger partial charge in [-0.3, -0.25) is 4.79 Å². The molecule has 0 saturated heterocycles. The van der Waals surface area contributed by atoms with E-state index in [9.17, 15) is 9.59 Å². The zero-order valence-corrected chi connectivity index (χ0v) is 17.6. The van der Waals surface area contributed by atoms with Gasteiger partial charge in [-0.05, 0) is 38.1 Å². The van der Waals surface area contributed by atoms with Crippen LogP contribution < -0.4 is 14.8 Å². The molecule has 0 spiro atoms. The van der Waals surface area contributed by atoms with Crippen LogP contribution in [0.5, 0.6) is 11.5 Å². The number of rotatable bonds is 7. The topological polar surface area (TPSA) is 113 Å². The smallest absolute Gasteiger partial charge is 0.341 e. The fraction of sp³-hybridized carbons (Fsp3) is 0.238. The first-order valence-electron chi connectivity index (χ1n) is 9.41. The van der Waals surface area contributed by atoms with Crippen molar-refractivity contribution in [2.45, 2.75) is 30.7 Å². The lowest BCUT2D eigenvalue weighted by Crippen LogP contribution is -2.30. The summed E-state index contributed by atoms with van der Waals surface area (Å²) >= 11 is 1.33. The summed E-state index contributed by atoms with van der Waals surface area (Å²) in [6, 6.07) is 10.1. The van der Waals surface area contributed by atoms with Gasteiger partial charge in [0.15, 0.2) is 17.6 Å².